The van der Waals surface area contributed by atoms with Crippen molar-refractivity contribution in [1.82, 2.24) is 14.9 Å². The van der Waals surface area contributed by atoms with E-state index >= 15 is 0 Å². The molecule has 1 amide bonds. The maximum absolute atomic E-state index is 12.3. The molecule has 0 saturated carbocycles. The van der Waals surface area contributed by atoms with Gasteiger partial charge in [0.05, 0.1) is 16.8 Å². The number of benzene rings is 2. The van der Waals surface area contributed by atoms with Crippen LogP contribution in [0.15, 0.2) is 53.6 Å². The summed E-state index contributed by atoms with van der Waals surface area (Å²) in [6.45, 7) is 1.80. The second kappa shape index (κ2) is 7.42. The van der Waals surface area contributed by atoms with Gasteiger partial charge in [0.15, 0.2) is 0 Å². The number of nitrogens with one attached hydrogen (secondary N) is 2. The minimum Gasteiger partial charge on any atom is -0.322 e. The third kappa shape index (κ3) is 4.01. The van der Waals surface area contributed by atoms with E-state index < -0.39 is 0 Å². The number of carbonyl (C=O) groups is 1. The van der Waals surface area contributed by atoms with Crippen molar-refractivity contribution >= 4 is 41.6 Å². The van der Waals surface area contributed by atoms with Crippen LogP contribution in [0.5, 0.6) is 0 Å². The normalized spacial score (nSPS) is 11.0. The SMILES string of the molecule is Cc1n[nH]c(=S)n1/N=C\c1cccc(NC(=O)c2ccccc2Cl)c1. The van der Waals surface area contributed by atoms with E-state index in [1.165, 1.54) is 4.68 Å². The van der Waals surface area contributed by atoms with Gasteiger partial charge in [-0.1, -0.05) is 35.9 Å². The lowest BCUT2D eigenvalue weighted by molar-refractivity contribution is 0.102. The average molecular weight is 372 g/mol. The van der Waals surface area contributed by atoms with Gasteiger partial charge < -0.3 is 5.32 Å². The summed E-state index contributed by atoms with van der Waals surface area (Å²) in [5, 5.41) is 14.2. The molecule has 0 spiro atoms. The highest BCUT2D eigenvalue weighted by atomic mass is 35.5. The monoisotopic (exact) mass is 371 g/mol. The molecular formula is C17H14ClN5OS. The van der Waals surface area contributed by atoms with Crippen LogP contribution in [0, 0.1) is 11.7 Å². The molecule has 8 heteroatoms. The molecule has 126 valence electrons. The molecule has 1 heterocycles. The molecule has 0 bridgehead atoms. The summed E-state index contributed by atoms with van der Waals surface area (Å²) in [6.07, 6.45) is 1.64. The quantitative estimate of drug-likeness (QED) is 0.537. The molecular weight excluding hydrogens is 358 g/mol. The van der Waals surface area contributed by atoms with Gasteiger partial charge >= 0.3 is 0 Å². The van der Waals surface area contributed by atoms with E-state index in [2.05, 4.69) is 20.6 Å². The number of amides is 1. The smallest absolute Gasteiger partial charge is 0.257 e. The molecule has 0 aliphatic carbocycles. The van der Waals surface area contributed by atoms with Crippen LogP contribution < -0.4 is 5.32 Å². The number of aromatic amines is 1. The molecule has 0 aliphatic heterocycles. The van der Waals surface area contributed by atoms with Crippen molar-refractivity contribution in [3.05, 3.63) is 75.3 Å². The lowest BCUT2D eigenvalue weighted by Crippen LogP contribution is -2.12. The van der Waals surface area contributed by atoms with Crippen LogP contribution >= 0.6 is 23.8 Å². The first-order valence-corrected chi connectivity index (χ1v) is 8.17. The Morgan fingerprint density at radius 3 is 2.84 bits per heavy atom. The molecule has 0 unspecified atom stereocenters. The van der Waals surface area contributed by atoms with Gasteiger partial charge in [0, 0.05) is 5.69 Å². The average Bonchev–Trinajstić information content (AvgIpc) is 2.92. The van der Waals surface area contributed by atoms with Crippen molar-refractivity contribution in [2.45, 2.75) is 6.92 Å². The van der Waals surface area contributed by atoms with Gasteiger partial charge in [-0.3, -0.25) is 9.89 Å². The van der Waals surface area contributed by atoms with E-state index in [0.29, 0.717) is 26.9 Å². The number of H-pyrrole nitrogens is 1. The number of nitrogens with zero attached hydrogens (tertiary/aromatic N) is 3. The first-order valence-electron chi connectivity index (χ1n) is 7.39. The highest BCUT2D eigenvalue weighted by Crippen LogP contribution is 2.17. The molecule has 0 aliphatic rings. The zero-order valence-corrected chi connectivity index (χ0v) is 14.8. The van der Waals surface area contributed by atoms with E-state index in [4.69, 9.17) is 23.8 Å². The van der Waals surface area contributed by atoms with E-state index in [0.717, 1.165) is 5.56 Å². The maximum atomic E-state index is 12.3. The van der Waals surface area contributed by atoms with Crippen molar-refractivity contribution in [2.75, 3.05) is 5.32 Å². The van der Waals surface area contributed by atoms with E-state index in [9.17, 15) is 4.79 Å². The van der Waals surface area contributed by atoms with Crippen LogP contribution in [0.2, 0.25) is 5.02 Å². The Bertz CT molecular complexity index is 1010. The molecule has 1 aromatic heterocycles. The minimum absolute atomic E-state index is 0.271. The number of halogens is 1. The van der Waals surface area contributed by atoms with Gasteiger partial charge in [-0.25, -0.2) is 0 Å². The minimum atomic E-state index is -0.271. The Kier molecular flexibility index (Phi) is 5.06. The molecule has 2 aromatic carbocycles. The van der Waals surface area contributed by atoms with Crippen LogP contribution in [0.4, 0.5) is 5.69 Å². The van der Waals surface area contributed by atoms with E-state index in [1.54, 1.807) is 49.5 Å². The van der Waals surface area contributed by atoms with E-state index in [-0.39, 0.29) is 5.91 Å². The molecule has 0 saturated heterocycles. The van der Waals surface area contributed by atoms with Gasteiger partial charge in [-0.2, -0.15) is 14.9 Å². The predicted octanol–water partition coefficient (Wildman–Crippen LogP) is 4.04. The molecule has 3 aromatic rings. The lowest BCUT2D eigenvalue weighted by atomic mass is 10.2. The summed E-state index contributed by atoms with van der Waals surface area (Å²) in [5.74, 6) is 0.386. The Morgan fingerprint density at radius 1 is 1.32 bits per heavy atom. The summed E-state index contributed by atoms with van der Waals surface area (Å²) in [4.78, 5) is 12.3. The fourth-order valence-electron chi connectivity index (χ4n) is 2.17. The second-order valence-electron chi connectivity index (χ2n) is 5.19. The molecule has 3 rings (SSSR count). The highest BCUT2D eigenvalue weighted by molar-refractivity contribution is 7.71. The first kappa shape index (κ1) is 17.1. The standard InChI is InChI=1S/C17H14ClN5OS/c1-11-21-22-17(25)23(11)19-10-12-5-4-6-13(9-12)20-16(24)14-7-2-3-8-15(14)18/h2-10H,1H3,(H,20,24)(H,22,25)/b19-10-. The molecule has 0 radical (unpaired) electrons. The van der Waals surface area contributed by atoms with Crippen molar-refractivity contribution in [2.24, 2.45) is 5.10 Å². The van der Waals surface area contributed by atoms with Crippen molar-refractivity contribution in [1.29, 1.82) is 0 Å². The number of aromatic nitrogens is 3. The largest absolute Gasteiger partial charge is 0.322 e. The number of anilines is 1. The number of aryl methyl sites for hydroxylation is 1. The van der Waals surface area contributed by atoms with Gasteiger partial charge in [0.25, 0.3) is 5.91 Å². The van der Waals surface area contributed by atoms with Gasteiger partial charge in [0.1, 0.15) is 5.82 Å². The number of hydrogen-bond donors (Lipinski definition) is 2. The second-order valence-corrected chi connectivity index (χ2v) is 5.99. The third-order valence-electron chi connectivity index (χ3n) is 3.40. The topological polar surface area (TPSA) is 75.1 Å². The Hall–Kier alpha value is -2.77. The summed E-state index contributed by atoms with van der Waals surface area (Å²) in [5.41, 5.74) is 1.87. The third-order valence-corrected chi connectivity index (χ3v) is 3.99. The predicted molar refractivity (Wildman–Crippen MR) is 101 cm³/mol. The van der Waals surface area contributed by atoms with Crippen LogP contribution in [-0.2, 0) is 0 Å². The van der Waals surface area contributed by atoms with Crippen molar-refractivity contribution in [3.63, 3.8) is 0 Å². The van der Waals surface area contributed by atoms with E-state index in [1.807, 2.05) is 12.1 Å². The summed E-state index contributed by atoms with van der Waals surface area (Å²) < 4.78 is 1.93. The van der Waals surface area contributed by atoms with Crippen molar-refractivity contribution < 1.29 is 4.79 Å². The van der Waals surface area contributed by atoms with Crippen molar-refractivity contribution in [3.8, 4) is 0 Å². The zero-order valence-electron chi connectivity index (χ0n) is 13.2. The molecule has 2 N–H and O–H groups in total. The summed E-state index contributed by atoms with van der Waals surface area (Å²) >= 11 is 11.1. The number of rotatable bonds is 4. The van der Waals surface area contributed by atoms with Gasteiger partial charge in [-0.05, 0) is 49.0 Å². The van der Waals surface area contributed by atoms with Crippen LogP contribution in [0.1, 0.15) is 21.7 Å². The maximum Gasteiger partial charge on any atom is 0.257 e. The Morgan fingerprint density at radius 2 is 2.12 bits per heavy atom. The molecule has 25 heavy (non-hydrogen) atoms. The van der Waals surface area contributed by atoms with Gasteiger partial charge in [0.2, 0.25) is 4.77 Å². The van der Waals surface area contributed by atoms with Crippen LogP contribution in [0.25, 0.3) is 0 Å². The summed E-state index contributed by atoms with van der Waals surface area (Å²) in [6, 6.07) is 14.2. The summed E-state index contributed by atoms with van der Waals surface area (Å²) in [7, 11) is 0. The highest BCUT2D eigenvalue weighted by Gasteiger charge is 2.09. The number of hydrogen-bond acceptors (Lipinski definition) is 4. The van der Waals surface area contributed by atoms with Crippen LogP contribution in [-0.4, -0.2) is 27.0 Å². The fourth-order valence-corrected chi connectivity index (χ4v) is 2.62. The molecule has 0 fully saturated rings. The lowest BCUT2D eigenvalue weighted by Gasteiger charge is -2.07. The molecule has 6 nitrogen and oxygen atoms in total. The number of carbonyl (C=O) groups excluding carboxylic acids is 1. The van der Waals surface area contributed by atoms with Crippen LogP contribution in [0.3, 0.4) is 0 Å². The Balaban J connectivity index is 1.79. The Labute approximate surface area is 154 Å². The first-order chi connectivity index (χ1) is 12.0. The zero-order chi connectivity index (χ0) is 17.8. The molecule has 0 atom stereocenters. The fraction of sp³-hybridized carbons (Fsp3) is 0.0588. The van der Waals surface area contributed by atoms with Gasteiger partial charge in [-0.15, -0.1) is 0 Å².